The molecule has 1 aromatic rings. The molecule has 1 saturated carbocycles. The van der Waals surface area contributed by atoms with E-state index in [2.05, 4.69) is 6.92 Å². The van der Waals surface area contributed by atoms with Crippen molar-refractivity contribution in [1.29, 1.82) is 0 Å². The Bertz CT molecular complexity index is 377. The number of carbonyl (C=O) groups is 1. The number of hydrogen-bond acceptors (Lipinski definition) is 2. The number of likely N-dealkylation sites (N-methyl/N-ethyl adjacent to an activating group) is 1. The molecular weight excluding hydrogens is 230 g/mol. The predicted molar refractivity (Wildman–Crippen MR) is 73.0 cm³/mol. The fourth-order valence-electron chi connectivity index (χ4n) is 2.45. The third kappa shape index (κ3) is 3.19. The molecule has 0 radical (unpaired) electrons. The second kappa shape index (κ2) is 6.01. The largest absolute Gasteiger partial charge is 0.336 e. The van der Waals surface area contributed by atoms with Gasteiger partial charge in [-0.15, -0.1) is 11.3 Å². The molecule has 0 N–H and O–H groups in total. The van der Waals surface area contributed by atoms with E-state index >= 15 is 0 Å². The molecule has 0 spiro atoms. The van der Waals surface area contributed by atoms with Crippen molar-refractivity contribution in [3.05, 3.63) is 28.5 Å². The standard InChI is InChI=1S/C14H19NOS/c1-2-15(12-6-3-4-7-12)14(16)10-9-13-8-5-11-17-13/h5,8-12H,2-4,6-7H2,1H3/b10-9+. The number of rotatable bonds is 4. The lowest BCUT2D eigenvalue weighted by molar-refractivity contribution is -0.127. The van der Waals surface area contributed by atoms with Gasteiger partial charge in [0, 0.05) is 23.5 Å². The third-order valence-electron chi connectivity index (χ3n) is 3.32. The maximum atomic E-state index is 12.1. The van der Waals surface area contributed by atoms with Crippen molar-refractivity contribution in [2.75, 3.05) is 6.54 Å². The van der Waals surface area contributed by atoms with Gasteiger partial charge in [0.25, 0.3) is 0 Å². The summed E-state index contributed by atoms with van der Waals surface area (Å²) < 4.78 is 0. The zero-order valence-electron chi connectivity index (χ0n) is 10.3. The lowest BCUT2D eigenvalue weighted by Crippen LogP contribution is -2.37. The van der Waals surface area contributed by atoms with Crippen molar-refractivity contribution >= 4 is 23.3 Å². The molecule has 3 heteroatoms. The van der Waals surface area contributed by atoms with Crippen LogP contribution in [0.5, 0.6) is 0 Å². The van der Waals surface area contributed by atoms with Crippen LogP contribution in [0.4, 0.5) is 0 Å². The highest BCUT2D eigenvalue weighted by Crippen LogP contribution is 2.23. The topological polar surface area (TPSA) is 20.3 Å². The molecule has 0 aromatic carbocycles. The fourth-order valence-corrected chi connectivity index (χ4v) is 3.06. The molecule has 1 aliphatic carbocycles. The quantitative estimate of drug-likeness (QED) is 0.747. The predicted octanol–water partition coefficient (Wildman–Crippen LogP) is 3.55. The van der Waals surface area contributed by atoms with Gasteiger partial charge in [0.05, 0.1) is 0 Å². The van der Waals surface area contributed by atoms with Gasteiger partial charge in [-0.05, 0) is 37.3 Å². The number of thiophene rings is 1. The molecule has 17 heavy (non-hydrogen) atoms. The van der Waals surface area contributed by atoms with Crippen molar-refractivity contribution < 1.29 is 4.79 Å². The molecule has 2 nitrogen and oxygen atoms in total. The van der Waals surface area contributed by atoms with Gasteiger partial charge >= 0.3 is 0 Å². The average molecular weight is 249 g/mol. The minimum Gasteiger partial charge on any atom is -0.336 e. The van der Waals surface area contributed by atoms with E-state index in [0.717, 1.165) is 11.4 Å². The molecule has 1 aliphatic rings. The van der Waals surface area contributed by atoms with Gasteiger partial charge in [-0.25, -0.2) is 0 Å². The van der Waals surface area contributed by atoms with Crippen molar-refractivity contribution in [2.24, 2.45) is 0 Å². The number of nitrogens with zero attached hydrogens (tertiary/aromatic N) is 1. The lowest BCUT2D eigenvalue weighted by atomic mass is 10.2. The van der Waals surface area contributed by atoms with Crippen LogP contribution in [0.2, 0.25) is 0 Å². The normalized spacial score (nSPS) is 16.8. The second-order valence-electron chi connectivity index (χ2n) is 4.41. The van der Waals surface area contributed by atoms with Crippen LogP contribution in [0, 0.1) is 0 Å². The van der Waals surface area contributed by atoms with Crippen molar-refractivity contribution in [2.45, 2.75) is 38.6 Å². The summed E-state index contributed by atoms with van der Waals surface area (Å²) >= 11 is 1.66. The second-order valence-corrected chi connectivity index (χ2v) is 5.39. The molecule has 1 fully saturated rings. The number of amides is 1. The molecule has 0 atom stereocenters. The molecular formula is C14H19NOS. The summed E-state index contributed by atoms with van der Waals surface area (Å²) in [7, 11) is 0. The first-order valence-corrected chi connectivity index (χ1v) is 7.21. The van der Waals surface area contributed by atoms with E-state index in [9.17, 15) is 4.79 Å². The maximum absolute atomic E-state index is 12.1. The van der Waals surface area contributed by atoms with Crippen LogP contribution >= 0.6 is 11.3 Å². The first-order valence-electron chi connectivity index (χ1n) is 6.33. The Morgan fingerprint density at radius 3 is 2.88 bits per heavy atom. The Kier molecular flexibility index (Phi) is 4.37. The number of carbonyl (C=O) groups excluding carboxylic acids is 1. The average Bonchev–Trinajstić information content (AvgIpc) is 3.00. The Morgan fingerprint density at radius 2 is 2.29 bits per heavy atom. The summed E-state index contributed by atoms with van der Waals surface area (Å²) in [6, 6.07) is 4.50. The highest BCUT2D eigenvalue weighted by atomic mass is 32.1. The summed E-state index contributed by atoms with van der Waals surface area (Å²) in [6.45, 7) is 2.88. The van der Waals surface area contributed by atoms with E-state index in [4.69, 9.17) is 0 Å². The smallest absolute Gasteiger partial charge is 0.246 e. The van der Waals surface area contributed by atoms with Crippen molar-refractivity contribution in [1.82, 2.24) is 4.90 Å². The van der Waals surface area contributed by atoms with Crippen LogP contribution < -0.4 is 0 Å². The van der Waals surface area contributed by atoms with Crippen LogP contribution in [0.25, 0.3) is 6.08 Å². The van der Waals surface area contributed by atoms with Crippen molar-refractivity contribution in [3.8, 4) is 0 Å². The minimum absolute atomic E-state index is 0.160. The Labute approximate surface area is 107 Å². The van der Waals surface area contributed by atoms with E-state index in [-0.39, 0.29) is 5.91 Å². The fraction of sp³-hybridized carbons (Fsp3) is 0.500. The van der Waals surface area contributed by atoms with Crippen LogP contribution in [-0.2, 0) is 4.79 Å². The summed E-state index contributed by atoms with van der Waals surface area (Å²) in [5, 5.41) is 2.03. The zero-order chi connectivity index (χ0) is 12.1. The lowest BCUT2D eigenvalue weighted by Gasteiger charge is -2.26. The summed E-state index contributed by atoms with van der Waals surface area (Å²) in [5.74, 6) is 0.160. The van der Waals surface area contributed by atoms with Gasteiger partial charge in [0.1, 0.15) is 0 Å². The highest BCUT2D eigenvalue weighted by Gasteiger charge is 2.23. The van der Waals surface area contributed by atoms with Gasteiger partial charge in [-0.3, -0.25) is 4.79 Å². The van der Waals surface area contributed by atoms with Gasteiger partial charge in [-0.2, -0.15) is 0 Å². The summed E-state index contributed by atoms with van der Waals surface area (Å²) in [6.07, 6.45) is 8.52. The van der Waals surface area contributed by atoms with Gasteiger partial charge in [0.15, 0.2) is 0 Å². The Morgan fingerprint density at radius 1 is 1.53 bits per heavy atom. The maximum Gasteiger partial charge on any atom is 0.246 e. The molecule has 0 unspecified atom stereocenters. The first kappa shape index (κ1) is 12.4. The van der Waals surface area contributed by atoms with E-state index in [1.54, 1.807) is 17.4 Å². The minimum atomic E-state index is 0.160. The zero-order valence-corrected chi connectivity index (χ0v) is 11.1. The van der Waals surface area contributed by atoms with E-state index < -0.39 is 0 Å². The Balaban J connectivity index is 1.97. The third-order valence-corrected chi connectivity index (χ3v) is 4.16. The van der Waals surface area contributed by atoms with Crippen LogP contribution in [0.3, 0.4) is 0 Å². The molecule has 1 amide bonds. The summed E-state index contributed by atoms with van der Waals surface area (Å²) in [5.41, 5.74) is 0. The van der Waals surface area contributed by atoms with Crippen LogP contribution in [-0.4, -0.2) is 23.4 Å². The number of hydrogen-bond donors (Lipinski definition) is 0. The molecule has 0 bridgehead atoms. The van der Waals surface area contributed by atoms with Crippen molar-refractivity contribution in [3.63, 3.8) is 0 Å². The molecule has 1 aromatic heterocycles. The van der Waals surface area contributed by atoms with E-state index in [1.165, 1.54) is 25.7 Å². The van der Waals surface area contributed by atoms with Gasteiger partial charge < -0.3 is 4.90 Å². The van der Waals surface area contributed by atoms with Gasteiger partial charge in [0.2, 0.25) is 5.91 Å². The molecule has 1 heterocycles. The van der Waals surface area contributed by atoms with Gasteiger partial charge in [-0.1, -0.05) is 18.9 Å². The highest BCUT2D eigenvalue weighted by molar-refractivity contribution is 7.10. The molecule has 92 valence electrons. The summed E-state index contributed by atoms with van der Waals surface area (Å²) in [4.78, 5) is 15.3. The monoisotopic (exact) mass is 249 g/mol. The first-order chi connectivity index (χ1) is 8.31. The molecule has 0 saturated heterocycles. The van der Waals surface area contributed by atoms with E-state index in [1.807, 2.05) is 28.5 Å². The molecule has 2 rings (SSSR count). The Hall–Kier alpha value is -1.09. The molecule has 0 aliphatic heterocycles. The van der Waals surface area contributed by atoms with E-state index in [0.29, 0.717) is 6.04 Å². The SMILES string of the molecule is CCN(C(=O)/C=C/c1cccs1)C1CCCC1. The van der Waals surface area contributed by atoms with Crippen LogP contribution in [0.15, 0.2) is 23.6 Å². The van der Waals surface area contributed by atoms with Crippen LogP contribution in [0.1, 0.15) is 37.5 Å².